The number of halogens is 1. The van der Waals surface area contributed by atoms with Crippen molar-refractivity contribution in [3.63, 3.8) is 0 Å². The summed E-state index contributed by atoms with van der Waals surface area (Å²) in [6.07, 6.45) is 13.6. The minimum atomic E-state index is -0.218. The molecule has 1 saturated carbocycles. The predicted molar refractivity (Wildman–Crippen MR) is 121 cm³/mol. The summed E-state index contributed by atoms with van der Waals surface area (Å²) in [6, 6.07) is 9.12. The van der Waals surface area contributed by atoms with Crippen molar-refractivity contribution in [3.05, 3.63) is 41.7 Å². The fourth-order valence-electron chi connectivity index (χ4n) is 4.58. The highest BCUT2D eigenvalue weighted by atomic mass is 19.1. The first kappa shape index (κ1) is 22.7. The van der Waals surface area contributed by atoms with Crippen LogP contribution in [-0.2, 0) is 6.42 Å². The van der Waals surface area contributed by atoms with Crippen LogP contribution in [0.15, 0.2) is 30.3 Å². The van der Waals surface area contributed by atoms with Crippen LogP contribution < -0.4 is 4.74 Å². The van der Waals surface area contributed by atoms with E-state index < -0.39 is 0 Å². The third kappa shape index (κ3) is 6.78. The van der Waals surface area contributed by atoms with Gasteiger partial charge in [0.05, 0.1) is 12.3 Å². The molecular formula is C26H37FN2O. The van der Waals surface area contributed by atoms with Gasteiger partial charge in [0.25, 0.3) is 0 Å². The van der Waals surface area contributed by atoms with E-state index in [1.807, 2.05) is 12.1 Å². The van der Waals surface area contributed by atoms with E-state index in [9.17, 15) is 4.39 Å². The van der Waals surface area contributed by atoms with Gasteiger partial charge in [-0.05, 0) is 54.9 Å². The van der Waals surface area contributed by atoms with E-state index in [1.54, 1.807) is 18.2 Å². The van der Waals surface area contributed by atoms with Gasteiger partial charge in [0.1, 0.15) is 5.82 Å². The van der Waals surface area contributed by atoms with E-state index in [0.29, 0.717) is 23.7 Å². The number of hydrogen-bond donors (Lipinski definition) is 0. The molecule has 0 N–H and O–H groups in total. The normalized spacial score (nSPS) is 19.0. The van der Waals surface area contributed by atoms with E-state index in [-0.39, 0.29) is 5.82 Å². The zero-order valence-corrected chi connectivity index (χ0v) is 18.7. The summed E-state index contributed by atoms with van der Waals surface area (Å²) in [5.74, 6) is 2.03. The number of unbranched alkanes of at least 4 members (excludes halogenated alkanes) is 2. The highest BCUT2D eigenvalue weighted by molar-refractivity contribution is 5.60. The molecule has 0 unspecified atom stereocenters. The molecule has 1 heterocycles. The Morgan fingerprint density at radius 2 is 1.67 bits per heavy atom. The summed E-state index contributed by atoms with van der Waals surface area (Å²) >= 11 is 0. The second kappa shape index (κ2) is 12.0. The Balaban J connectivity index is 1.50. The maximum atomic E-state index is 14.7. The molecule has 4 heteroatoms. The summed E-state index contributed by atoms with van der Waals surface area (Å²) in [4.78, 5) is 0. The van der Waals surface area contributed by atoms with Crippen LogP contribution in [-0.4, -0.2) is 16.8 Å². The molecule has 30 heavy (non-hydrogen) atoms. The average molecular weight is 413 g/mol. The molecule has 0 aliphatic heterocycles. The van der Waals surface area contributed by atoms with Gasteiger partial charge in [0.2, 0.25) is 5.88 Å². The summed E-state index contributed by atoms with van der Waals surface area (Å²) < 4.78 is 20.3. The predicted octanol–water partition coefficient (Wildman–Crippen LogP) is 7.39. The van der Waals surface area contributed by atoms with Gasteiger partial charge in [-0.2, -0.15) is 0 Å². The van der Waals surface area contributed by atoms with Gasteiger partial charge in [0, 0.05) is 11.6 Å². The van der Waals surface area contributed by atoms with Crippen molar-refractivity contribution < 1.29 is 9.13 Å². The number of ether oxygens (including phenoxy) is 1. The van der Waals surface area contributed by atoms with Gasteiger partial charge in [-0.25, -0.2) is 4.39 Å². The molecule has 0 spiro atoms. The number of benzene rings is 1. The molecule has 1 aromatic carbocycles. The molecule has 1 fully saturated rings. The summed E-state index contributed by atoms with van der Waals surface area (Å²) in [5, 5.41) is 8.26. The number of hydrogen-bond acceptors (Lipinski definition) is 3. The number of rotatable bonds is 11. The van der Waals surface area contributed by atoms with Crippen LogP contribution in [0.25, 0.3) is 11.3 Å². The fraction of sp³-hybridized carbons (Fsp3) is 0.615. The van der Waals surface area contributed by atoms with Crippen LogP contribution in [0.3, 0.4) is 0 Å². The maximum absolute atomic E-state index is 14.7. The van der Waals surface area contributed by atoms with Crippen molar-refractivity contribution in [2.24, 2.45) is 11.8 Å². The van der Waals surface area contributed by atoms with Crippen LogP contribution in [0.1, 0.15) is 83.6 Å². The van der Waals surface area contributed by atoms with Crippen molar-refractivity contribution in [2.75, 3.05) is 6.61 Å². The van der Waals surface area contributed by atoms with Crippen molar-refractivity contribution >= 4 is 0 Å². The molecule has 0 radical (unpaired) electrons. The van der Waals surface area contributed by atoms with Crippen LogP contribution in [0.4, 0.5) is 4.39 Å². The monoisotopic (exact) mass is 412 g/mol. The topological polar surface area (TPSA) is 35.0 Å². The molecule has 2 aromatic rings. The number of nitrogens with zero attached hydrogens (tertiary/aromatic N) is 2. The lowest BCUT2D eigenvalue weighted by Gasteiger charge is -2.28. The number of aromatic nitrogens is 2. The standard InChI is InChI=1S/C26H37FN2O/c1-3-5-6-18-30-26-17-16-25(28-29-26)23-15-14-22(19-24(23)27)13-12-21-10-8-20(7-4-2)9-11-21/h14-17,19-21H,3-13,18H2,1-2H3/t20-,21-. The Morgan fingerprint density at radius 1 is 0.900 bits per heavy atom. The average Bonchev–Trinajstić information content (AvgIpc) is 2.77. The highest BCUT2D eigenvalue weighted by Gasteiger charge is 2.20. The van der Waals surface area contributed by atoms with Gasteiger partial charge in [-0.1, -0.05) is 71.3 Å². The molecule has 0 atom stereocenters. The van der Waals surface area contributed by atoms with Crippen LogP contribution in [0, 0.1) is 17.7 Å². The van der Waals surface area contributed by atoms with Crippen molar-refractivity contribution in [1.29, 1.82) is 0 Å². The molecular weight excluding hydrogens is 375 g/mol. The first-order valence-corrected chi connectivity index (χ1v) is 11.9. The molecule has 1 aromatic heterocycles. The Bertz CT molecular complexity index is 754. The summed E-state index contributed by atoms with van der Waals surface area (Å²) in [5.41, 5.74) is 2.13. The zero-order valence-electron chi connectivity index (χ0n) is 18.7. The molecule has 1 aliphatic carbocycles. The van der Waals surface area contributed by atoms with Crippen LogP contribution >= 0.6 is 0 Å². The molecule has 3 rings (SSSR count). The molecule has 1 aliphatic rings. The third-order valence-corrected chi connectivity index (χ3v) is 6.45. The SMILES string of the molecule is CCCCCOc1ccc(-c2ccc(CC[C@H]3CC[C@H](CCC)CC3)cc2F)nn1. The second-order valence-electron chi connectivity index (χ2n) is 8.84. The van der Waals surface area contributed by atoms with Crippen molar-refractivity contribution in [2.45, 2.75) is 84.5 Å². The molecule has 0 amide bonds. The minimum Gasteiger partial charge on any atom is -0.477 e. The van der Waals surface area contributed by atoms with E-state index >= 15 is 0 Å². The zero-order chi connectivity index (χ0) is 21.2. The van der Waals surface area contributed by atoms with Crippen molar-refractivity contribution in [3.8, 4) is 17.1 Å². The lowest BCUT2D eigenvalue weighted by atomic mass is 9.78. The molecule has 3 nitrogen and oxygen atoms in total. The first-order chi connectivity index (χ1) is 14.7. The van der Waals surface area contributed by atoms with E-state index in [1.165, 1.54) is 44.9 Å². The maximum Gasteiger partial charge on any atom is 0.233 e. The van der Waals surface area contributed by atoms with Gasteiger partial charge in [0.15, 0.2) is 0 Å². The first-order valence-electron chi connectivity index (χ1n) is 11.9. The van der Waals surface area contributed by atoms with Gasteiger partial charge in [-0.15, -0.1) is 10.2 Å². The Morgan fingerprint density at radius 3 is 2.30 bits per heavy atom. The van der Waals surface area contributed by atoms with E-state index in [2.05, 4.69) is 24.0 Å². The highest BCUT2D eigenvalue weighted by Crippen LogP contribution is 2.34. The van der Waals surface area contributed by atoms with Crippen LogP contribution in [0.5, 0.6) is 5.88 Å². The Kier molecular flexibility index (Phi) is 9.10. The minimum absolute atomic E-state index is 0.218. The van der Waals surface area contributed by atoms with Crippen LogP contribution in [0.2, 0.25) is 0 Å². The second-order valence-corrected chi connectivity index (χ2v) is 8.84. The largest absolute Gasteiger partial charge is 0.477 e. The number of aryl methyl sites for hydroxylation is 1. The molecule has 0 bridgehead atoms. The van der Waals surface area contributed by atoms with Gasteiger partial charge in [-0.3, -0.25) is 0 Å². The lowest BCUT2D eigenvalue weighted by molar-refractivity contribution is 0.252. The summed E-state index contributed by atoms with van der Waals surface area (Å²) in [6.45, 7) is 5.09. The summed E-state index contributed by atoms with van der Waals surface area (Å²) in [7, 11) is 0. The quantitative estimate of drug-likeness (QED) is 0.361. The van der Waals surface area contributed by atoms with E-state index in [0.717, 1.165) is 43.1 Å². The van der Waals surface area contributed by atoms with E-state index in [4.69, 9.17) is 4.74 Å². The smallest absolute Gasteiger partial charge is 0.233 e. The molecule has 164 valence electrons. The Hall–Kier alpha value is -1.97. The Labute approximate surface area is 181 Å². The van der Waals surface area contributed by atoms with Crippen molar-refractivity contribution in [1.82, 2.24) is 10.2 Å². The van der Waals surface area contributed by atoms with Gasteiger partial charge >= 0.3 is 0 Å². The fourth-order valence-corrected chi connectivity index (χ4v) is 4.58. The molecule has 0 saturated heterocycles. The third-order valence-electron chi connectivity index (χ3n) is 6.45. The van der Waals surface area contributed by atoms with Gasteiger partial charge < -0.3 is 4.74 Å². The lowest BCUT2D eigenvalue weighted by Crippen LogP contribution is -2.15.